The molecule has 2 aromatic carbocycles. The Labute approximate surface area is 200 Å². The minimum absolute atomic E-state index is 0.0954. The van der Waals surface area contributed by atoms with Crippen LogP contribution in [-0.4, -0.2) is 44.6 Å². The quantitative estimate of drug-likeness (QED) is 0.334. The molecule has 0 aliphatic carbocycles. The van der Waals surface area contributed by atoms with Gasteiger partial charge in [-0.1, -0.05) is 25.1 Å². The molecule has 0 bridgehead atoms. The molecule has 35 heavy (non-hydrogen) atoms. The molecule has 9 nitrogen and oxygen atoms in total. The summed E-state index contributed by atoms with van der Waals surface area (Å²) in [7, 11) is 1.66. The highest BCUT2D eigenvalue weighted by atomic mass is 16.7. The summed E-state index contributed by atoms with van der Waals surface area (Å²) in [4.78, 5) is 28.6. The number of hydrogen-bond donors (Lipinski definition) is 0. The van der Waals surface area contributed by atoms with Gasteiger partial charge in [-0.25, -0.2) is 15.0 Å². The van der Waals surface area contributed by atoms with Crippen LogP contribution in [0.2, 0.25) is 0 Å². The SMILES string of the molecule is CCc1nc2c(c(=O)n1CCCOC)c1nc3ccccc3nc1n2Cc1ccc2c(c1)OCO2. The fraction of sp³-hybridized carbons (Fsp3) is 0.308. The van der Waals surface area contributed by atoms with Crippen molar-refractivity contribution in [2.24, 2.45) is 0 Å². The molecule has 6 rings (SSSR count). The van der Waals surface area contributed by atoms with Crippen LogP contribution in [0, 0.1) is 0 Å². The van der Waals surface area contributed by atoms with Gasteiger partial charge in [0.25, 0.3) is 5.56 Å². The number of para-hydroxylation sites is 2. The summed E-state index contributed by atoms with van der Waals surface area (Å²) in [5.74, 6) is 2.17. The summed E-state index contributed by atoms with van der Waals surface area (Å²) in [6.07, 6.45) is 1.35. The summed E-state index contributed by atoms with van der Waals surface area (Å²) in [5, 5.41) is 0.494. The van der Waals surface area contributed by atoms with Crippen molar-refractivity contribution in [1.82, 2.24) is 24.1 Å². The van der Waals surface area contributed by atoms with Gasteiger partial charge >= 0.3 is 0 Å². The first-order valence-electron chi connectivity index (χ1n) is 11.7. The Balaban J connectivity index is 1.61. The Morgan fingerprint density at radius 1 is 0.971 bits per heavy atom. The maximum atomic E-state index is 13.8. The first kappa shape index (κ1) is 21.5. The molecule has 1 aliphatic heterocycles. The lowest BCUT2D eigenvalue weighted by molar-refractivity contribution is 0.174. The average Bonchev–Trinajstić information content (AvgIpc) is 3.46. The number of ether oxygens (including phenoxy) is 3. The van der Waals surface area contributed by atoms with Crippen molar-refractivity contribution in [3.8, 4) is 11.5 Å². The second-order valence-electron chi connectivity index (χ2n) is 8.54. The molecule has 0 saturated heterocycles. The molecule has 0 N–H and O–H groups in total. The number of fused-ring (bicyclic) bond motifs is 5. The molecular weight excluding hydrogens is 446 g/mol. The lowest BCUT2D eigenvalue weighted by atomic mass is 10.2. The van der Waals surface area contributed by atoms with E-state index < -0.39 is 0 Å². The van der Waals surface area contributed by atoms with Gasteiger partial charge in [0.15, 0.2) is 22.8 Å². The van der Waals surface area contributed by atoms with E-state index in [4.69, 9.17) is 29.2 Å². The van der Waals surface area contributed by atoms with Crippen LogP contribution in [-0.2, 0) is 24.2 Å². The lowest BCUT2D eigenvalue weighted by Crippen LogP contribution is -2.26. The normalized spacial score (nSPS) is 12.9. The van der Waals surface area contributed by atoms with Crippen molar-refractivity contribution >= 4 is 33.2 Å². The van der Waals surface area contributed by atoms with Crippen LogP contribution < -0.4 is 15.0 Å². The second-order valence-corrected chi connectivity index (χ2v) is 8.54. The summed E-state index contributed by atoms with van der Waals surface area (Å²) in [6, 6.07) is 13.6. The molecule has 0 amide bonds. The van der Waals surface area contributed by atoms with Crippen molar-refractivity contribution in [1.29, 1.82) is 0 Å². The molecule has 4 heterocycles. The van der Waals surface area contributed by atoms with E-state index in [2.05, 4.69) is 0 Å². The molecule has 3 aromatic heterocycles. The molecule has 0 radical (unpaired) electrons. The maximum Gasteiger partial charge on any atom is 0.265 e. The van der Waals surface area contributed by atoms with Gasteiger partial charge in [-0.2, -0.15) is 0 Å². The third kappa shape index (κ3) is 3.59. The minimum atomic E-state index is -0.0954. The Bertz CT molecular complexity index is 1640. The number of rotatable bonds is 7. The van der Waals surface area contributed by atoms with Crippen molar-refractivity contribution in [2.45, 2.75) is 32.9 Å². The molecule has 0 fully saturated rings. The van der Waals surface area contributed by atoms with Crippen molar-refractivity contribution in [2.75, 3.05) is 20.5 Å². The van der Waals surface area contributed by atoms with E-state index in [1.54, 1.807) is 11.7 Å². The fourth-order valence-electron chi connectivity index (χ4n) is 4.67. The second kappa shape index (κ2) is 8.66. The third-order valence-electron chi connectivity index (χ3n) is 6.35. The molecule has 0 unspecified atom stereocenters. The number of hydrogen-bond acceptors (Lipinski definition) is 7. The number of nitrogens with zero attached hydrogens (tertiary/aromatic N) is 5. The number of aromatic nitrogens is 5. The number of aryl methyl sites for hydroxylation is 1. The van der Waals surface area contributed by atoms with E-state index >= 15 is 0 Å². The molecule has 9 heteroatoms. The van der Waals surface area contributed by atoms with E-state index in [0.717, 1.165) is 34.6 Å². The van der Waals surface area contributed by atoms with Gasteiger partial charge in [0.1, 0.15) is 16.7 Å². The zero-order valence-corrected chi connectivity index (χ0v) is 19.7. The number of methoxy groups -OCH3 is 1. The van der Waals surface area contributed by atoms with Gasteiger partial charge in [0.2, 0.25) is 6.79 Å². The van der Waals surface area contributed by atoms with Gasteiger partial charge in [-0.05, 0) is 36.2 Å². The van der Waals surface area contributed by atoms with Crippen molar-refractivity contribution < 1.29 is 14.2 Å². The van der Waals surface area contributed by atoms with Crippen LogP contribution in [0.1, 0.15) is 24.7 Å². The smallest absolute Gasteiger partial charge is 0.265 e. The predicted molar refractivity (Wildman–Crippen MR) is 132 cm³/mol. The lowest BCUT2D eigenvalue weighted by Gasteiger charge is -2.12. The molecule has 1 aliphatic rings. The highest BCUT2D eigenvalue weighted by molar-refractivity contribution is 6.04. The van der Waals surface area contributed by atoms with Gasteiger partial charge in [-0.3, -0.25) is 9.36 Å². The Hall–Kier alpha value is -3.98. The van der Waals surface area contributed by atoms with Crippen LogP contribution >= 0.6 is 0 Å². The van der Waals surface area contributed by atoms with Crippen LogP contribution in [0.15, 0.2) is 47.3 Å². The maximum absolute atomic E-state index is 13.8. The monoisotopic (exact) mass is 471 g/mol. The molecule has 0 spiro atoms. The van der Waals surface area contributed by atoms with E-state index in [9.17, 15) is 4.79 Å². The van der Waals surface area contributed by atoms with E-state index in [1.165, 1.54) is 0 Å². The fourth-order valence-corrected chi connectivity index (χ4v) is 4.67. The molecule has 0 saturated carbocycles. The first-order chi connectivity index (χ1) is 17.2. The Morgan fingerprint density at radius 2 is 1.77 bits per heavy atom. The van der Waals surface area contributed by atoms with Crippen LogP contribution in [0.25, 0.3) is 33.2 Å². The van der Waals surface area contributed by atoms with E-state index in [0.29, 0.717) is 54.1 Å². The standard InChI is InChI=1S/C26H25N5O4/c1-3-21-29-24-22(26(32)30(21)11-6-12-33-2)23-25(28-18-8-5-4-7-17(18)27-23)31(24)14-16-9-10-19-20(13-16)35-15-34-19/h4-5,7-10,13H,3,6,11-12,14-15H2,1-2H3. The first-order valence-corrected chi connectivity index (χ1v) is 11.7. The van der Waals surface area contributed by atoms with E-state index in [1.807, 2.05) is 54.0 Å². The van der Waals surface area contributed by atoms with Crippen LogP contribution in [0.3, 0.4) is 0 Å². The third-order valence-corrected chi connectivity index (χ3v) is 6.35. The van der Waals surface area contributed by atoms with Crippen LogP contribution in [0.5, 0.6) is 11.5 Å². The number of benzene rings is 2. The Kier molecular flexibility index (Phi) is 5.33. The van der Waals surface area contributed by atoms with Crippen LogP contribution in [0.4, 0.5) is 0 Å². The summed E-state index contributed by atoms with van der Waals surface area (Å²) >= 11 is 0. The summed E-state index contributed by atoms with van der Waals surface area (Å²) < 4.78 is 20.0. The molecule has 0 atom stereocenters. The van der Waals surface area contributed by atoms with Crippen molar-refractivity contribution in [3.63, 3.8) is 0 Å². The van der Waals surface area contributed by atoms with Gasteiger partial charge < -0.3 is 18.8 Å². The molecular formula is C26H25N5O4. The molecule has 178 valence electrons. The van der Waals surface area contributed by atoms with E-state index in [-0.39, 0.29) is 12.4 Å². The largest absolute Gasteiger partial charge is 0.454 e. The summed E-state index contributed by atoms with van der Waals surface area (Å²) in [6.45, 7) is 3.80. The highest BCUT2D eigenvalue weighted by Gasteiger charge is 2.22. The van der Waals surface area contributed by atoms with Gasteiger partial charge in [0, 0.05) is 26.7 Å². The van der Waals surface area contributed by atoms with Gasteiger partial charge in [-0.15, -0.1) is 0 Å². The average molecular weight is 472 g/mol. The van der Waals surface area contributed by atoms with Crippen molar-refractivity contribution in [3.05, 3.63) is 64.2 Å². The zero-order valence-electron chi connectivity index (χ0n) is 19.7. The van der Waals surface area contributed by atoms with Gasteiger partial charge in [0.05, 0.1) is 17.6 Å². The zero-order chi connectivity index (χ0) is 23.9. The Morgan fingerprint density at radius 3 is 2.57 bits per heavy atom. The summed E-state index contributed by atoms with van der Waals surface area (Å²) in [5.41, 5.74) is 4.21. The highest BCUT2D eigenvalue weighted by Crippen LogP contribution is 2.34. The topological polar surface area (TPSA) is 93.3 Å². The molecule has 5 aromatic rings. The predicted octanol–water partition coefficient (Wildman–Crippen LogP) is 3.67. The minimum Gasteiger partial charge on any atom is -0.454 e.